The van der Waals surface area contributed by atoms with E-state index in [9.17, 15) is 4.39 Å². The minimum atomic E-state index is -0.406. The number of rotatable bonds is 8. The van der Waals surface area contributed by atoms with Gasteiger partial charge in [0.25, 0.3) is 0 Å². The summed E-state index contributed by atoms with van der Waals surface area (Å²) in [6, 6.07) is 3.71. The molecule has 0 spiro atoms. The van der Waals surface area contributed by atoms with E-state index in [-0.39, 0.29) is 10.8 Å². The summed E-state index contributed by atoms with van der Waals surface area (Å²) in [5.41, 5.74) is 2.07. The van der Waals surface area contributed by atoms with Crippen LogP contribution in [0.25, 0.3) is 5.57 Å². The standard InChI is InChI=1S/C31H44ClFO/c1-3-5-21-34-29-20-19-28(30(32)31(29)33)27-17-15-26(16-18-27)25-13-11-24(12-14-25)23-9-7-22(6-4-2)8-10-23/h4,6,17,19-20,22-26H,3,5,7-16,18,21H2,1-2H3. The molecule has 188 valence electrons. The normalized spacial score (nSPS) is 30.4. The third kappa shape index (κ3) is 6.28. The van der Waals surface area contributed by atoms with Gasteiger partial charge < -0.3 is 4.74 Å². The predicted octanol–water partition coefficient (Wildman–Crippen LogP) is 10.0. The molecule has 0 aliphatic heterocycles. The van der Waals surface area contributed by atoms with E-state index in [2.05, 4.69) is 32.1 Å². The zero-order chi connectivity index (χ0) is 23.9. The van der Waals surface area contributed by atoms with Crippen molar-refractivity contribution in [2.24, 2.45) is 29.6 Å². The summed E-state index contributed by atoms with van der Waals surface area (Å²) in [4.78, 5) is 0. The van der Waals surface area contributed by atoms with Gasteiger partial charge in [-0.15, -0.1) is 0 Å². The molecule has 3 aliphatic rings. The summed E-state index contributed by atoms with van der Waals surface area (Å²) in [6.07, 6.45) is 23.7. The molecule has 4 rings (SSSR count). The molecular formula is C31H44ClFO. The van der Waals surface area contributed by atoms with Crippen molar-refractivity contribution in [3.8, 4) is 5.75 Å². The van der Waals surface area contributed by atoms with Crippen LogP contribution in [-0.4, -0.2) is 6.61 Å². The highest BCUT2D eigenvalue weighted by Crippen LogP contribution is 2.46. The lowest BCUT2D eigenvalue weighted by Gasteiger charge is -2.40. The van der Waals surface area contributed by atoms with E-state index >= 15 is 0 Å². The third-order valence-electron chi connectivity index (χ3n) is 9.03. The Labute approximate surface area is 212 Å². The molecule has 3 heteroatoms. The van der Waals surface area contributed by atoms with Crippen molar-refractivity contribution >= 4 is 17.2 Å². The van der Waals surface area contributed by atoms with Crippen molar-refractivity contribution in [1.29, 1.82) is 0 Å². The van der Waals surface area contributed by atoms with Gasteiger partial charge >= 0.3 is 0 Å². The molecule has 1 atom stereocenters. The Morgan fingerprint density at radius 1 is 0.941 bits per heavy atom. The van der Waals surface area contributed by atoms with Crippen LogP contribution in [0.3, 0.4) is 0 Å². The van der Waals surface area contributed by atoms with Crippen molar-refractivity contribution < 1.29 is 9.13 Å². The maximum Gasteiger partial charge on any atom is 0.184 e. The summed E-state index contributed by atoms with van der Waals surface area (Å²) in [5, 5.41) is 0.225. The van der Waals surface area contributed by atoms with Gasteiger partial charge in [0, 0.05) is 0 Å². The number of allylic oxidation sites excluding steroid dienone is 4. The Balaban J connectivity index is 1.27. The number of halogens is 2. The fraction of sp³-hybridized carbons (Fsp3) is 0.677. The molecule has 1 nitrogen and oxygen atoms in total. The topological polar surface area (TPSA) is 9.23 Å². The van der Waals surface area contributed by atoms with Gasteiger partial charge in [-0.3, -0.25) is 0 Å². The first-order valence-electron chi connectivity index (χ1n) is 14.0. The first-order valence-corrected chi connectivity index (χ1v) is 14.4. The van der Waals surface area contributed by atoms with E-state index in [1.54, 1.807) is 6.07 Å². The summed E-state index contributed by atoms with van der Waals surface area (Å²) in [6.45, 7) is 4.79. The maximum absolute atomic E-state index is 14.8. The molecule has 2 fully saturated rings. The van der Waals surface area contributed by atoms with Crippen LogP contribution in [0, 0.1) is 35.4 Å². The minimum Gasteiger partial charge on any atom is -0.490 e. The smallest absolute Gasteiger partial charge is 0.184 e. The Bertz CT molecular complexity index is 843. The monoisotopic (exact) mass is 486 g/mol. The predicted molar refractivity (Wildman–Crippen MR) is 143 cm³/mol. The molecule has 0 amide bonds. The van der Waals surface area contributed by atoms with Crippen molar-refractivity contribution in [3.63, 3.8) is 0 Å². The molecule has 0 aromatic heterocycles. The average Bonchev–Trinajstić information content (AvgIpc) is 2.88. The van der Waals surface area contributed by atoms with Gasteiger partial charge in [0.1, 0.15) is 0 Å². The van der Waals surface area contributed by atoms with Crippen LogP contribution in [0.5, 0.6) is 5.75 Å². The summed E-state index contributed by atoms with van der Waals surface area (Å²) in [5.74, 6) is 4.32. The lowest BCUT2D eigenvalue weighted by Crippen LogP contribution is -2.28. The molecule has 1 aromatic rings. The Kier molecular flexibility index (Phi) is 9.57. The molecule has 3 aliphatic carbocycles. The highest BCUT2D eigenvalue weighted by Gasteiger charge is 2.33. The van der Waals surface area contributed by atoms with E-state index in [4.69, 9.17) is 16.3 Å². The summed E-state index contributed by atoms with van der Waals surface area (Å²) < 4.78 is 20.4. The van der Waals surface area contributed by atoms with Gasteiger partial charge in [0.2, 0.25) is 0 Å². The van der Waals surface area contributed by atoms with Crippen LogP contribution in [0.1, 0.15) is 103 Å². The van der Waals surface area contributed by atoms with Gasteiger partial charge in [-0.05, 0) is 137 Å². The van der Waals surface area contributed by atoms with Gasteiger partial charge in [-0.2, -0.15) is 0 Å². The zero-order valence-corrected chi connectivity index (χ0v) is 22.1. The molecule has 0 N–H and O–H groups in total. The SMILES string of the molecule is CC=CC1CCC(C2CCC(C3CC=C(c4ccc(OCCCC)c(F)c4Cl)CC3)CC2)CC1. The van der Waals surface area contributed by atoms with Crippen LogP contribution in [0.2, 0.25) is 5.02 Å². The van der Waals surface area contributed by atoms with Gasteiger partial charge in [0.05, 0.1) is 11.6 Å². The summed E-state index contributed by atoms with van der Waals surface area (Å²) in [7, 11) is 0. The second-order valence-corrected chi connectivity index (χ2v) is 11.5. The van der Waals surface area contributed by atoms with E-state index in [0.29, 0.717) is 6.61 Å². The van der Waals surface area contributed by atoms with Crippen molar-refractivity contribution in [2.45, 2.75) is 97.3 Å². The van der Waals surface area contributed by atoms with Crippen LogP contribution in [-0.2, 0) is 0 Å². The van der Waals surface area contributed by atoms with Gasteiger partial charge in [0.15, 0.2) is 11.6 Å². The van der Waals surface area contributed by atoms with Crippen molar-refractivity contribution in [3.05, 3.63) is 46.8 Å². The zero-order valence-electron chi connectivity index (χ0n) is 21.3. The molecule has 34 heavy (non-hydrogen) atoms. The second-order valence-electron chi connectivity index (χ2n) is 11.1. The van der Waals surface area contributed by atoms with Crippen LogP contribution < -0.4 is 4.74 Å². The molecule has 1 unspecified atom stereocenters. The molecular weight excluding hydrogens is 443 g/mol. The Hall–Kier alpha value is -1.28. The first kappa shape index (κ1) is 25.8. The van der Waals surface area contributed by atoms with Gasteiger partial charge in [-0.25, -0.2) is 4.39 Å². The van der Waals surface area contributed by atoms with Gasteiger partial charge in [-0.1, -0.05) is 43.2 Å². The van der Waals surface area contributed by atoms with E-state index in [0.717, 1.165) is 60.8 Å². The number of unbranched alkanes of at least 4 members (excludes halogenated alkanes) is 1. The fourth-order valence-electron chi connectivity index (χ4n) is 6.91. The largest absolute Gasteiger partial charge is 0.490 e. The number of hydrogen-bond donors (Lipinski definition) is 0. The Morgan fingerprint density at radius 2 is 1.59 bits per heavy atom. The van der Waals surface area contributed by atoms with Crippen LogP contribution >= 0.6 is 11.6 Å². The molecule has 2 saturated carbocycles. The number of benzene rings is 1. The molecule has 0 heterocycles. The Morgan fingerprint density at radius 3 is 2.18 bits per heavy atom. The third-order valence-corrected chi connectivity index (χ3v) is 9.40. The van der Waals surface area contributed by atoms with Crippen LogP contribution in [0.4, 0.5) is 4.39 Å². The van der Waals surface area contributed by atoms with E-state index < -0.39 is 5.82 Å². The average molecular weight is 487 g/mol. The summed E-state index contributed by atoms with van der Waals surface area (Å²) >= 11 is 6.45. The first-order chi connectivity index (χ1) is 16.6. The lowest BCUT2D eigenvalue weighted by atomic mass is 9.66. The van der Waals surface area contributed by atoms with Crippen molar-refractivity contribution in [1.82, 2.24) is 0 Å². The van der Waals surface area contributed by atoms with E-state index in [1.165, 1.54) is 63.4 Å². The number of ether oxygens (including phenoxy) is 1. The molecule has 0 bridgehead atoms. The van der Waals surface area contributed by atoms with E-state index in [1.807, 2.05) is 6.07 Å². The number of hydrogen-bond acceptors (Lipinski definition) is 1. The molecule has 0 saturated heterocycles. The maximum atomic E-state index is 14.8. The molecule has 1 aromatic carbocycles. The van der Waals surface area contributed by atoms with Crippen LogP contribution in [0.15, 0.2) is 30.4 Å². The second kappa shape index (κ2) is 12.6. The highest BCUT2D eigenvalue weighted by molar-refractivity contribution is 6.32. The minimum absolute atomic E-state index is 0.225. The highest BCUT2D eigenvalue weighted by atomic mass is 35.5. The fourth-order valence-corrected chi connectivity index (χ4v) is 7.19. The lowest BCUT2D eigenvalue weighted by molar-refractivity contribution is 0.128. The molecule has 0 radical (unpaired) electrons. The van der Waals surface area contributed by atoms with Crippen molar-refractivity contribution in [2.75, 3.05) is 6.61 Å². The quantitative estimate of drug-likeness (QED) is 0.262.